The highest BCUT2D eigenvalue weighted by Gasteiger charge is 2.11. The van der Waals surface area contributed by atoms with Crippen molar-refractivity contribution < 1.29 is 0 Å². The summed E-state index contributed by atoms with van der Waals surface area (Å²) in [4.78, 5) is 2.46. The molecule has 0 saturated carbocycles. The average molecular weight is 248 g/mol. The molecule has 0 spiro atoms. The van der Waals surface area contributed by atoms with Gasteiger partial charge in [0.25, 0.3) is 0 Å². The molecule has 0 fully saturated rings. The van der Waals surface area contributed by atoms with E-state index in [4.69, 9.17) is 5.73 Å². The van der Waals surface area contributed by atoms with Crippen molar-refractivity contribution in [1.82, 2.24) is 4.90 Å². The Morgan fingerprint density at radius 2 is 1.56 bits per heavy atom. The van der Waals surface area contributed by atoms with Crippen molar-refractivity contribution in [3.05, 3.63) is 35.4 Å². The number of nitrogens with zero attached hydrogens (tertiary/aromatic N) is 1. The first-order valence-electron chi connectivity index (χ1n) is 7.23. The quantitative estimate of drug-likeness (QED) is 0.766. The first-order chi connectivity index (χ1) is 8.73. The molecule has 1 aromatic carbocycles. The third kappa shape index (κ3) is 4.79. The molecule has 1 unspecified atom stereocenters. The monoisotopic (exact) mass is 248 g/mol. The van der Waals surface area contributed by atoms with Gasteiger partial charge in [-0.05, 0) is 49.5 Å². The van der Waals surface area contributed by atoms with Crippen molar-refractivity contribution in [2.24, 2.45) is 11.7 Å². The second-order valence-electron chi connectivity index (χ2n) is 4.96. The second kappa shape index (κ2) is 8.28. The lowest BCUT2D eigenvalue weighted by Gasteiger charge is -2.24. The normalized spacial score (nSPS) is 12.9. The minimum absolute atomic E-state index is 0.567. The lowest BCUT2D eigenvalue weighted by Crippen LogP contribution is -2.33. The van der Waals surface area contributed by atoms with Crippen LogP contribution in [0, 0.1) is 5.92 Å². The highest BCUT2D eigenvalue weighted by molar-refractivity contribution is 5.22. The van der Waals surface area contributed by atoms with Gasteiger partial charge in [-0.15, -0.1) is 0 Å². The molecule has 0 saturated heterocycles. The second-order valence-corrected chi connectivity index (χ2v) is 4.96. The summed E-state index contributed by atoms with van der Waals surface area (Å²) in [5.74, 6) is 0.567. The standard InChI is InChI=1S/C16H28N2/c1-4-14-7-9-15(10-8-14)11-16(12-17)13-18(5-2)6-3/h7-10,16H,4-6,11-13,17H2,1-3H3. The van der Waals surface area contributed by atoms with Gasteiger partial charge in [0.15, 0.2) is 0 Å². The van der Waals surface area contributed by atoms with Crippen molar-refractivity contribution >= 4 is 0 Å². The maximum Gasteiger partial charge on any atom is 0.00247 e. The lowest BCUT2D eigenvalue weighted by molar-refractivity contribution is 0.254. The van der Waals surface area contributed by atoms with E-state index in [0.29, 0.717) is 5.92 Å². The van der Waals surface area contributed by atoms with Crippen LogP contribution in [0.5, 0.6) is 0 Å². The molecule has 2 heteroatoms. The predicted octanol–water partition coefficient (Wildman–Crippen LogP) is 2.71. The topological polar surface area (TPSA) is 29.3 Å². The van der Waals surface area contributed by atoms with E-state index in [1.54, 1.807) is 0 Å². The molecule has 102 valence electrons. The van der Waals surface area contributed by atoms with E-state index in [2.05, 4.69) is 49.9 Å². The summed E-state index contributed by atoms with van der Waals surface area (Å²) in [5, 5.41) is 0. The zero-order valence-electron chi connectivity index (χ0n) is 12.2. The largest absolute Gasteiger partial charge is 0.330 e. The van der Waals surface area contributed by atoms with Crippen molar-refractivity contribution in [3.8, 4) is 0 Å². The fraction of sp³-hybridized carbons (Fsp3) is 0.625. The fourth-order valence-electron chi connectivity index (χ4n) is 2.31. The van der Waals surface area contributed by atoms with E-state index in [-0.39, 0.29) is 0 Å². The van der Waals surface area contributed by atoms with Crippen LogP contribution >= 0.6 is 0 Å². The molecular formula is C16H28N2. The van der Waals surface area contributed by atoms with Gasteiger partial charge in [-0.3, -0.25) is 0 Å². The highest BCUT2D eigenvalue weighted by Crippen LogP contribution is 2.11. The minimum atomic E-state index is 0.567. The van der Waals surface area contributed by atoms with Crippen LogP contribution < -0.4 is 5.73 Å². The highest BCUT2D eigenvalue weighted by atomic mass is 15.1. The number of rotatable bonds is 8. The molecule has 2 nitrogen and oxygen atoms in total. The molecule has 0 radical (unpaired) electrons. The zero-order valence-corrected chi connectivity index (χ0v) is 12.2. The van der Waals surface area contributed by atoms with E-state index in [1.807, 2.05) is 0 Å². The van der Waals surface area contributed by atoms with Gasteiger partial charge in [0.2, 0.25) is 0 Å². The Morgan fingerprint density at radius 3 is 2.00 bits per heavy atom. The molecular weight excluding hydrogens is 220 g/mol. The molecule has 1 rings (SSSR count). The van der Waals surface area contributed by atoms with Gasteiger partial charge in [-0.1, -0.05) is 45.0 Å². The first-order valence-corrected chi connectivity index (χ1v) is 7.23. The molecule has 1 aromatic rings. The Bertz CT molecular complexity index is 314. The number of nitrogens with two attached hydrogens (primary N) is 1. The average Bonchev–Trinajstić information content (AvgIpc) is 2.44. The molecule has 1 atom stereocenters. The van der Waals surface area contributed by atoms with Gasteiger partial charge in [-0.25, -0.2) is 0 Å². The SMILES string of the molecule is CCc1ccc(CC(CN)CN(CC)CC)cc1. The van der Waals surface area contributed by atoms with Crippen LogP contribution in [0.1, 0.15) is 31.9 Å². The number of hydrogen-bond donors (Lipinski definition) is 1. The third-order valence-electron chi connectivity index (χ3n) is 3.70. The van der Waals surface area contributed by atoms with Crippen molar-refractivity contribution in [2.45, 2.75) is 33.6 Å². The summed E-state index contributed by atoms with van der Waals surface area (Å²) in [6.07, 6.45) is 2.21. The van der Waals surface area contributed by atoms with Crippen molar-refractivity contribution in [2.75, 3.05) is 26.2 Å². The summed E-state index contributed by atoms with van der Waals surface area (Å²) in [6, 6.07) is 8.98. The summed E-state index contributed by atoms with van der Waals surface area (Å²) >= 11 is 0. The Hall–Kier alpha value is -0.860. The molecule has 0 aliphatic carbocycles. The van der Waals surface area contributed by atoms with E-state index >= 15 is 0 Å². The number of aryl methyl sites for hydroxylation is 1. The molecule has 2 N–H and O–H groups in total. The minimum Gasteiger partial charge on any atom is -0.330 e. The molecule has 0 bridgehead atoms. The van der Waals surface area contributed by atoms with Crippen LogP contribution in [-0.2, 0) is 12.8 Å². The van der Waals surface area contributed by atoms with Crippen LogP contribution in [0.4, 0.5) is 0 Å². The maximum atomic E-state index is 5.91. The summed E-state index contributed by atoms with van der Waals surface area (Å²) in [6.45, 7) is 10.7. The molecule has 0 amide bonds. The van der Waals surface area contributed by atoms with Gasteiger partial charge in [0, 0.05) is 6.54 Å². The molecule has 0 aliphatic heterocycles. The Balaban J connectivity index is 2.55. The van der Waals surface area contributed by atoms with E-state index in [9.17, 15) is 0 Å². The Morgan fingerprint density at radius 1 is 1.00 bits per heavy atom. The predicted molar refractivity (Wildman–Crippen MR) is 79.9 cm³/mol. The van der Waals surface area contributed by atoms with Gasteiger partial charge in [0.05, 0.1) is 0 Å². The molecule has 0 aromatic heterocycles. The van der Waals surface area contributed by atoms with Crippen LogP contribution in [-0.4, -0.2) is 31.1 Å². The first kappa shape index (κ1) is 15.2. The van der Waals surface area contributed by atoms with Crippen LogP contribution in [0.15, 0.2) is 24.3 Å². The van der Waals surface area contributed by atoms with Gasteiger partial charge < -0.3 is 10.6 Å². The number of benzene rings is 1. The Kier molecular flexibility index (Phi) is 6.99. The van der Waals surface area contributed by atoms with E-state index in [0.717, 1.165) is 39.0 Å². The molecule has 0 heterocycles. The van der Waals surface area contributed by atoms with Gasteiger partial charge in [-0.2, -0.15) is 0 Å². The van der Waals surface area contributed by atoms with Crippen LogP contribution in [0.25, 0.3) is 0 Å². The maximum absolute atomic E-state index is 5.91. The van der Waals surface area contributed by atoms with Gasteiger partial charge >= 0.3 is 0 Å². The summed E-state index contributed by atoms with van der Waals surface area (Å²) in [7, 11) is 0. The Labute approximate surface area is 112 Å². The summed E-state index contributed by atoms with van der Waals surface area (Å²) < 4.78 is 0. The van der Waals surface area contributed by atoms with Crippen molar-refractivity contribution in [3.63, 3.8) is 0 Å². The van der Waals surface area contributed by atoms with Crippen LogP contribution in [0.2, 0.25) is 0 Å². The van der Waals surface area contributed by atoms with E-state index < -0.39 is 0 Å². The molecule has 0 aliphatic rings. The lowest BCUT2D eigenvalue weighted by atomic mass is 9.97. The third-order valence-corrected chi connectivity index (χ3v) is 3.70. The van der Waals surface area contributed by atoms with E-state index in [1.165, 1.54) is 11.1 Å². The molecule has 18 heavy (non-hydrogen) atoms. The van der Waals surface area contributed by atoms with Gasteiger partial charge in [0.1, 0.15) is 0 Å². The summed E-state index contributed by atoms with van der Waals surface area (Å²) in [5.41, 5.74) is 8.73. The fourth-order valence-corrected chi connectivity index (χ4v) is 2.31. The zero-order chi connectivity index (χ0) is 13.4. The van der Waals surface area contributed by atoms with Crippen molar-refractivity contribution in [1.29, 1.82) is 0 Å². The number of hydrogen-bond acceptors (Lipinski definition) is 2. The smallest absolute Gasteiger partial charge is 0.00247 e. The van der Waals surface area contributed by atoms with Crippen LogP contribution in [0.3, 0.4) is 0 Å².